The minimum absolute atomic E-state index is 1.21. The summed E-state index contributed by atoms with van der Waals surface area (Å²) in [5, 5.41) is 10.7. The van der Waals surface area contributed by atoms with Gasteiger partial charge in [-0.1, -0.05) is 90.5 Å². The maximum atomic E-state index is 2.48. The summed E-state index contributed by atoms with van der Waals surface area (Å²) in [6, 6.07) is 40.2. The summed E-state index contributed by atoms with van der Waals surface area (Å²) in [6.45, 7) is 2.15. The van der Waals surface area contributed by atoms with Crippen molar-refractivity contribution in [3.63, 3.8) is 0 Å². The molecule has 0 aliphatic carbocycles. The Morgan fingerprint density at radius 3 is 2.11 bits per heavy atom. The highest BCUT2D eigenvalue weighted by molar-refractivity contribution is 7.27. The number of thiophene rings is 1. The molecule has 0 spiro atoms. The molecular formula is C33H21NS. The number of rotatable bonds is 1. The van der Waals surface area contributed by atoms with Crippen LogP contribution in [0.2, 0.25) is 0 Å². The van der Waals surface area contributed by atoms with Crippen molar-refractivity contribution < 1.29 is 0 Å². The van der Waals surface area contributed by atoms with Gasteiger partial charge in [-0.15, -0.1) is 11.3 Å². The van der Waals surface area contributed by atoms with Crippen LogP contribution in [-0.4, -0.2) is 4.57 Å². The van der Waals surface area contributed by atoms with Crippen molar-refractivity contribution in [2.45, 2.75) is 6.92 Å². The number of aryl methyl sites for hydroxylation is 1. The van der Waals surface area contributed by atoms with Crippen molar-refractivity contribution in [2.75, 3.05) is 0 Å². The highest BCUT2D eigenvalue weighted by atomic mass is 32.1. The average Bonchev–Trinajstić information content (AvgIpc) is 3.46. The second kappa shape index (κ2) is 6.94. The van der Waals surface area contributed by atoms with Crippen LogP contribution in [0.25, 0.3) is 69.2 Å². The quantitative estimate of drug-likeness (QED) is 0.213. The van der Waals surface area contributed by atoms with E-state index in [1.807, 2.05) is 11.3 Å². The molecule has 164 valence electrons. The molecule has 8 rings (SSSR count). The summed E-state index contributed by atoms with van der Waals surface area (Å²) in [4.78, 5) is 0. The zero-order valence-electron chi connectivity index (χ0n) is 19.2. The van der Waals surface area contributed by atoms with Gasteiger partial charge in [0.25, 0.3) is 0 Å². The SMILES string of the molecule is Cc1ccc(-n2c3ccccc3c3c4ccc5ccccc5c4c4c5ccccc5sc4c32)cc1. The number of hydrogen-bond acceptors (Lipinski definition) is 1. The van der Waals surface area contributed by atoms with Crippen LogP contribution in [0, 0.1) is 6.92 Å². The highest BCUT2D eigenvalue weighted by Crippen LogP contribution is 2.49. The largest absolute Gasteiger partial charge is 0.308 e. The number of benzene rings is 6. The molecule has 8 aromatic rings. The molecule has 2 heteroatoms. The molecule has 0 radical (unpaired) electrons. The van der Waals surface area contributed by atoms with Crippen molar-refractivity contribution in [3.8, 4) is 5.69 Å². The Morgan fingerprint density at radius 2 is 1.26 bits per heavy atom. The van der Waals surface area contributed by atoms with Crippen molar-refractivity contribution in [3.05, 3.63) is 115 Å². The van der Waals surface area contributed by atoms with Gasteiger partial charge in [0.1, 0.15) is 0 Å². The first-order valence-corrected chi connectivity index (χ1v) is 12.9. The number of hydrogen-bond donors (Lipinski definition) is 0. The predicted octanol–water partition coefficient (Wildman–Crippen LogP) is 9.77. The average molecular weight is 464 g/mol. The van der Waals surface area contributed by atoms with E-state index in [0.29, 0.717) is 0 Å². The minimum atomic E-state index is 1.21. The third kappa shape index (κ3) is 2.52. The summed E-state index contributed by atoms with van der Waals surface area (Å²) in [5.41, 5.74) is 5.05. The molecule has 2 aromatic heterocycles. The lowest BCUT2D eigenvalue weighted by molar-refractivity contribution is 1.18. The smallest absolute Gasteiger partial charge is 0.0726 e. The molecule has 35 heavy (non-hydrogen) atoms. The van der Waals surface area contributed by atoms with Gasteiger partial charge in [-0.3, -0.25) is 0 Å². The molecule has 0 aliphatic heterocycles. The Morgan fingerprint density at radius 1 is 0.543 bits per heavy atom. The van der Waals surface area contributed by atoms with Gasteiger partial charge in [0, 0.05) is 31.9 Å². The highest BCUT2D eigenvalue weighted by Gasteiger charge is 2.22. The molecule has 2 heterocycles. The molecule has 6 aromatic carbocycles. The molecule has 0 aliphatic rings. The van der Waals surface area contributed by atoms with Crippen molar-refractivity contribution in [1.82, 2.24) is 4.57 Å². The van der Waals surface area contributed by atoms with Crippen LogP contribution in [-0.2, 0) is 0 Å². The maximum absolute atomic E-state index is 2.48. The van der Waals surface area contributed by atoms with Gasteiger partial charge in [0.15, 0.2) is 0 Å². The van der Waals surface area contributed by atoms with E-state index in [1.54, 1.807) is 0 Å². The van der Waals surface area contributed by atoms with E-state index < -0.39 is 0 Å². The van der Waals surface area contributed by atoms with Gasteiger partial charge in [-0.2, -0.15) is 0 Å². The topological polar surface area (TPSA) is 4.93 Å². The Bertz CT molecular complexity index is 2110. The Labute approximate surface area is 206 Å². The van der Waals surface area contributed by atoms with Gasteiger partial charge in [0.2, 0.25) is 0 Å². The van der Waals surface area contributed by atoms with E-state index in [-0.39, 0.29) is 0 Å². The Hall–Kier alpha value is -4.14. The lowest BCUT2D eigenvalue weighted by atomic mass is 9.94. The summed E-state index contributed by atoms with van der Waals surface area (Å²) in [6.07, 6.45) is 0. The first kappa shape index (κ1) is 19.2. The van der Waals surface area contributed by atoms with E-state index in [4.69, 9.17) is 0 Å². The molecule has 0 bridgehead atoms. The van der Waals surface area contributed by atoms with Crippen LogP contribution in [0.15, 0.2) is 109 Å². The van der Waals surface area contributed by atoms with Crippen LogP contribution in [0.1, 0.15) is 5.56 Å². The fourth-order valence-corrected chi connectivity index (χ4v) is 7.15. The number of nitrogens with zero attached hydrogens (tertiary/aromatic N) is 1. The molecule has 0 saturated heterocycles. The molecule has 1 nitrogen and oxygen atoms in total. The number of fused-ring (bicyclic) bond motifs is 12. The third-order valence-electron chi connectivity index (χ3n) is 7.43. The van der Waals surface area contributed by atoms with E-state index in [0.717, 1.165) is 0 Å². The van der Waals surface area contributed by atoms with E-state index >= 15 is 0 Å². The Balaban J connectivity index is 1.76. The fraction of sp³-hybridized carbons (Fsp3) is 0.0303. The van der Waals surface area contributed by atoms with Gasteiger partial charge < -0.3 is 4.57 Å². The zero-order valence-corrected chi connectivity index (χ0v) is 20.1. The van der Waals surface area contributed by atoms with E-state index in [2.05, 4.69) is 121 Å². The van der Waals surface area contributed by atoms with Crippen LogP contribution in [0.5, 0.6) is 0 Å². The lowest BCUT2D eigenvalue weighted by Crippen LogP contribution is -1.94. The molecule has 0 N–H and O–H groups in total. The summed E-state index contributed by atoms with van der Waals surface area (Å²) < 4.78 is 5.18. The molecule has 0 unspecified atom stereocenters. The summed E-state index contributed by atoms with van der Waals surface area (Å²) >= 11 is 1.92. The van der Waals surface area contributed by atoms with Crippen LogP contribution in [0.4, 0.5) is 0 Å². The standard InChI is InChI=1S/C33H21NS/c1-20-14-17-22(18-15-20)34-27-12-6-4-10-24(27)30-26-19-16-21-8-2-3-9-23(21)29(26)31-25-11-5-7-13-28(25)35-33(31)32(30)34/h2-19H,1H3. The molecule has 0 saturated carbocycles. The van der Waals surface area contributed by atoms with Crippen LogP contribution < -0.4 is 0 Å². The summed E-state index contributed by atoms with van der Waals surface area (Å²) in [5.74, 6) is 0. The molecule has 0 amide bonds. The monoisotopic (exact) mass is 463 g/mol. The molecule has 0 atom stereocenters. The lowest BCUT2D eigenvalue weighted by Gasteiger charge is -2.12. The molecule has 0 fully saturated rings. The van der Waals surface area contributed by atoms with Gasteiger partial charge in [0.05, 0.1) is 15.7 Å². The van der Waals surface area contributed by atoms with Gasteiger partial charge in [-0.05, 0) is 52.7 Å². The van der Waals surface area contributed by atoms with Crippen molar-refractivity contribution in [2.24, 2.45) is 0 Å². The number of aromatic nitrogens is 1. The zero-order chi connectivity index (χ0) is 23.1. The van der Waals surface area contributed by atoms with Crippen molar-refractivity contribution in [1.29, 1.82) is 0 Å². The summed E-state index contributed by atoms with van der Waals surface area (Å²) in [7, 11) is 0. The van der Waals surface area contributed by atoms with Crippen molar-refractivity contribution >= 4 is 74.9 Å². The number of para-hydroxylation sites is 1. The first-order valence-electron chi connectivity index (χ1n) is 12.0. The third-order valence-corrected chi connectivity index (χ3v) is 8.60. The van der Waals surface area contributed by atoms with Crippen LogP contribution >= 0.6 is 11.3 Å². The Kier molecular flexibility index (Phi) is 3.81. The second-order valence-electron chi connectivity index (χ2n) is 9.42. The second-order valence-corrected chi connectivity index (χ2v) is 10.5. The normalized spacial score (nSPS) is 12.1. The molecular weight excluding hydrogens is 442 g/mol. The predicted molar refractivity (Wildman–Crippen MR) is 153 cm³/mol. The van der Waals surface area contributed by atoms with E-state index in [1.165, 1.54) is 74.8 Å². The maximum Gasteiger partial charge on any atom is 0.0726 e. The van der Waals surface area contributed by atoms with E-state index in [9.17, 15) is 0 Å². The fourth-order valence-electron chi connectivity index (χ4n) is 5.90. The minimum Gasteiger partial charge on any atom is -0.308 e. The van der Waals surface area contributed by atoms with Gasteiger partial charge >= 0.3 is 0 Å². The van der Waals surface area contributed by atoms with Gasteiger partial charge in [-0.25, -0.2) is 0 Å². The van der Waals surface area contributed by atoms with Crippen LogP contribution in [0.3, 0.4) is 0 Å². The first-order chi connectivity index (χ1) is 17.3.